The largest absolute Gasteiger partial charge is 0.421 e. The van der Waals surface area contributed by atoms with Gasteiger partial charge in [-0.25, -0.2) is 4.79 Å². The first-order valence-electron chi connectivity index (χ1n) is 3.53. The fourth-order valence-electron chi connectivity index (χ4n) is 0.769. The molecule has 0 saturated carbocycles. The van der Waals surface area contributed by atoms with E-state index in [0.29, 0.717) is 14.7 Å². The van der Waals surface area contributed by atoms with Crippen molar-refractivity contribution >= 4 is 53.8 Å². The molecule has 0 amide bonds. The Morgan fingerprint density at radius 3 is 2.21 bits per heavy atom. The first-order chi connectivity index (χ1) is 6.54. The fourth-order valence-corrected chi connectivity index (χ4v) is 3.19. The van der Waals surface area contributed by atoms with Gasteiger partial charge in [0.25, 0.3) is 0 Å². The third kappa shape index (κ3) is 2.93. The van der Waals surface area contributed by atoms with Crippen molar-refractivity contribution in [1.82, 2.24) is 0 Å². The average Bonchev–Trinajstić information content (AvgIpc) is 2.10. The summed E-state index contributed by atoms with van der Waals surface area (Å²) in [6, 6.07) is 3.58. The normalized spacial score (nSPS) is 9.64. The van der Waals surface area contributed by atoms with Crippen molar-refractivity contribution in [2.45, 2.75) is 0 Å². The van der Waals surface area contributed by atoms with Gasteiger partial charge in [-0.3, -0.25) is 0 Å². The van der Waals surface area contributed by atoms with E-state index >= 15 is 0 Å². The van der Waals surface area contributed by atoms with E-state index in [1.54, 1.807) is 12.1 Å². The van der Waals surface area contributed by atoms with Gasteiger partial charge >= 0.3 is 5.97 Å². The summed E-state index contributed by atoms with van der Waals surface area (Å²) in [5, 5.41) is 0. The van der Waals surface area contributed by atoms with Crippen molar-refractivity contribution in [2.24, 2.45) is 0 Å². The summed E-state index contributed by atoms with van der Waals surface area (Å²) in [6.07, 6.45) is 1.11. The van der Waals surface area contributed by atoms with Crippen molar-refractivity contribution in [3.8, 4) is 5.75 Å². The number of benzene rings is 1. The molecular formula is C9H5Br3O2. The van der Waals surface area contributed by atoms with E-state index in [2.05, 4.69) is 54.4 Å². The zero-order chi connectivity index (χ0) is 10.7. The van der Waals surface area contributed by atoms with Crippen LogP contribution >= 0.6 is 47.8 Å². The first kappa shape index (κ1) is 11.9. The summed E-state index contributed by atoms with van der Waals surface area (Å²) in [5.74, 6) is -0.0492. The quantitative estimate of drug-likeness (QED) is 0.436. The molecule has 0 spiro atoms. The maximum Gasteiger partial charge on any atom is 0.335 e. The molecule has 0 bridgehead atoms. The molecule has 0 saturated heterocycles. The van der Waals surface area contributed by atoms with Crippen molar-refractivity contribution in [3.05, 3.63) is 38.2 Å². The van der Waals surface area contributed by atoms with Crippen LogP contribution in [0.5, 0.6) is 5.75 Å². The van der Waals surface area contributed by atoms with Crippen LogP contribution in [0.25, 0.3) is 0 Å². The molecule has 1 aromatic carbocycles. The Morgan fingerprint density at radius 1 is 1.29 bits per heavy atom. The highest BCUT2D eigenvalue weighted by atomic mass is 79.9. The van der Waals surface area contributed by atoms with E-state index in [1.165, 1.54) is 0 Å². The van der Waals surface area contributed by atoms with Crippen LogP contribution in [-0.4, -0.2) is 5.97 Å². The minimum Gasteiger partial charge on any atom is -0.421 e. The van der Waals surface area contributed by atoms with Crippen LogP contribution < -0.4 is 4.74 Å². The third-order valence-electron chi connectivity index (χ3n) is 1.33. The molecule has 5 heteroatoms. The van der Waals surface area contributed by atoms with Gasteiger partial charge in [-0.15, -0.1) is 0 Å². The van der Waals surface area contributed by atoms with Crippen LogP contribution in [0.3, 0.4) is 0 Å². The zero-order valence-corrected chi connectivity index (χ0v) is 11.6. The Morgan fingerprint density at radius 2 is 1.79 bits per heavy atom. The van der Waals surface area contributed by atoms with Gasteiger partial charge in [-0.1, -0.05) is 22.5 Å². The SMILES string of the molecule is C=CC(=O)Oc1c(Br)cc(Br)cc1Br. The second kappa shape index (κ2) is 5.09. The Labute approximate surface area is 107 Å². The number of esters is 1. The topological polar surface area (TPSA) is 26.3 Å². The highest BCUT2D eigenvalue weighted by Crippen LogP contribution is 2.36. The van der Waals surface area contributed by atoms with Gasteiger partial charge in [0, 0.05) is 10.5 Å². The number of hydrogen-bond acceptors (Lipinski definition) is 2. The summed E-state index contributed by atoms with van der Waals surface area (Å²) >= 11 is 9.88. The lowest BCUT2D eigenvalue weighted by atomic mass is 10.3. The monoisotopic (exact) mass is 382 g/mol. The number of rotatable bonds is 2. The van der Waals surface area contributed by atoms with E-state index in [1.807, 2.05) is 0 Å². The second-order valence-corrected chi connectivity index (χ2v) is 4.95. The predicted molar refractivity (Wildman–Crippen MR) is 65.4 cm³/mol. The third-order valence-corrected chi connectivity index (χ3v) is 2.97. The first-order valence-corrected chi connectivity index (χ1v) is 5.91. The minimum atomic E-state index is -0.492. The van der Waals surface area contributed by atoms with Crippen molar-refractivity contribution in [1.29, 1.82) is 0 Å². The Balaban J connectivity index is 3.08. The average molecular weight is 385 g/mol. The number of carbonyl (C=O) groups excluding carboxylic acids is 1. The van der Waals surface area contributed by atoms with Crippen molar-refractivity contribution in [2.75, 3.05) is 0 Å². The van der Waals surface area contributed by atoms with Gasteiger partial charge in [-0.05, 0) is 44.0 Å². The molecule has 0 fully saturated rings. The number of halogens is 3. The zero-order valence-electron chi connectivity index (χ0n) is 6.89. The van der Waals surface area contributed by atoms with E-state index in [4.69, 9.17) is 4.74 Å². The van der Waals surface area contributed by atoms with Crippen LogP contribution in [0.1, 0.15) is 0 Å². The lowest BCUT2D eigenvalue weighted by molar-refractivity contribution is -0.129. The second-order valence-electron chi connectivity index (χ2n) is 2.32. The van der Waals surface area contributed by atoms with Crippen molar-refractivity contribution < 1.29 is 9.53 Å². The summed E-state index contributed by atoms with van der Waals surface area (Å²) in [7, 11) is 0. The molecule has 14 heavy (non-hydrogen) atoms. The van der Waals surface area contributed by atoms with Gasteiger partial charge in [0.2, 0.25) is 0 Å². The van der Waals surface area contributed by atoms with Crippen LogP contribution in [0, 0.1) is 0 Å². The van der Waals surface area contributed by atoms with Crippen LogP contribution in [0.4, 0.5) is 0 Å². The van der Waals surface area contributed by atoms with Crippen LogP contribution in [0.15, 0.2) is 38.2 Å². The molecule has 0 heterocycles. The predicted octanol–water partition coefficient (Wildman–Crippen LogP) is 4.07. The molecule has 0 unspecified atom stereocenters. The minimum absolute atomic E-state index is 0.443. The molecule has 1 rings (SSSR count). The lowest BCUT2D eigenvalue weighted by Crippen LogP contribution is -2.04. The molecule has 0 aromatic heterocycles. The number of carbonyl (C=O) groups is 1. The van der Waals surface area contributed by atoms with Gasteiger partial charge in [-0.2, -0.15) is 0 Å². The molecule has 0 N–H and O–H groups in total. The number of hydrogen-bond donors (Lipinski definition) is 0. The molecule has 0 aliphatic rings. The molecular weight excluding hydrogens is 380 g/mol. The summed E-state index contributed by atoms with van der Waals surface area (Å²) in [4.78, 5) is 11.0. The van der Waals surface area contributed by atoms with E-state index in [9.17, 15) is 4.79 Å². The summed E-state index contributed by atoms with van der Waals surface area (Å²) < 4.78 is 7.27. The van der Waals surface area contributed by atoms with E-state index in [-0.39, 0.29) is 0 Å². The van der Waals surface area contributed by atoms with Gasteiger partial charge < -0.3 is 4.74 Å². The van der Waals surface area contributed by atoms with Crippen LogP contribution in [-0.2, 0) is 4.79 Å². The van der Waals surface area contributed by atoms with Gasteiger partial charge in [0.15, 0.2) is 5.75 Å². The molecule has 0 radical (unpaired) electrons. The number of ether oxygens (including phenoxy) is 1. The van der Waals surface area contributed by atoms with E-state index < -0.39 is 5.97 Å². The Kier molecular flexibility index (Phi) is 4.34. The molecule has 0 atom stereocenters. The van der Waals surface area contributed by atoms with E-state index in [0.717, 1.165) is 10.5 Å². The Hall–Kier alpha value is -0.130. The molecule has 0 aliphatic heterocycles. The molecule has 0 aliphatic carbocycles. The van der Waals surface area contributed by atoms with Crippen LogP contribution in [0.2, 0.25) is 0 Å². The standard InChI is InChI=1S/C9H5Br3O2/c1-2-8(13)14-9-6(11)3-5(10)4-7(9)12/h2-4H,1H2. The highest BCUT2D eigenvalue weighted by Gasteiger charge is 2.10. The van der Waals surface area contributed by atoms with Gasteiger partial charge in [0.1, 0.15) is 0 Å². The lowest BCUT2D eigenvalue weighted by Gasteiger charge is -2.06. The molecule has 74 valence electrons. The maximum atomic E-state index is 11.0. The van der Waals surface area contributed by atoms with Gasteiger partial charge in [0.05, 0.1) is 8.95 Å². The Bertz CT molecular complexity index is 365. The van der Waals surface area contributed by atoms with Crippen molar-refractivity contribution in [3.63, 3.8) is 0 Å². The summed E-state index contributed by atoms with van der Waals surface area (Å²) in [5.41, 5.74) is 0. The maximum absolute atomic E-state index is 11.0. The highest BCUT2D eigenvalue weighted by molar-refractivity contribution is 9.11. The fraction of sp³-hybridized carbons (Fsp3) is 0. The smallest absolute Gasteiger partial charge is 0.335 e. The summed E-state index contributed by atoms with van der Waals surface area (Å²) in [6.45, 7) is 3.32. The molecule has 2 nitrogen and oxygen atoms in total. The molecule has 1 aromatic rings.